The average molecular weight is 477 g/mol. The minimum Gasteiger partial charge on any atom is -0.455 e. The number of hydrogen-bond donors (Lipinski definition) is 0. The Morgan fingerprint density at radius 2 is 1.26 bits per heavy atom. The van der Waals surface area contributed by atoms with Gasteiger partial charge in [0, 0.05) is 35.7 Å². The Labute approximate surface area is 205 Å². The molecule has 6 nitrogen and oxygen atoms in total. The van der Waals surface area contributed by atoms with E-state index in [1.54, 1.807) is 6.92 Å². The Morgan fingerprint density at radius 3 is 1.65 bits per heavy atom. The molecule has 4 saturated carbocycles. The molecule has 2 atom stereocenters. The van der Waals surface area contributed by atoms with Crippen molar-refractivity contribution in [2.75, 3.05) is 39.6 Å². The highest BCUT2D eigenvalue weighted by atomic mass is 16.6. The second-order valence-corrected chi connectivity index (χ2v) is 12.8. The molecule has 0 N–H and O–H groups in total. The second-order valence-electron chi connectivity index (χ2n) is 12.8. The average Bonchev–Trinajstić information content (AvgIpc) is 2.70. The summed E-state index contributed by atoms with van der Waals surface area (Å²) in [6.07, 6.45) is 9.96. The molecule has 2 unspecified atom stereocenters. The molecule has 0 aromatic carbocycles. The molecule has 0 amide bonds. The van der Waals surface area contributed by atoms with Crippen LogP contribution in [0.3, 0.4) is 0 Å². The molecule has 4 bridgehead atoms. The van der Waals surface area contributed by atoms with Crippen molar-refractivity contribution >= 4 is 5.97 Å². The maximum absolute atomic E-state index is 12.7. The van der Waals surface area contributed by atoms with Crippen LogP contribution >= 0.6 is 0 Å². The lowest BCUT2D eigenvalue weighted by molar-refractivity contribution is -0.304. The molecule has 6 fully saturated rings. The van der Waals surface area contributed by atoms with Crippen molar-refractivity contribution in [2.24, 2.45) is 16.7 Å². The van der Waals surface area contributed by atoms with E-state index in [0.717, 1.165) is 104 Å². The van der Waals surface area contributed by atoms with Crippen LogP contribution in [0, 0.1) is 16.7 Å². The van der Waals surface area contributed by atoms with Crippen molar-refractivity contribution in [1.82, 2.24) is 0 Å². The van der Waals surface area contributed by atoms with E-state index >= 15 is 0 Å². The van der Waals surface area contributed by atoms with Gasteiger partial charge in [-0.25, -0.2) is 4.79 Å². The van der Waals surface area contributed by atoms with E-state index < -0.39 is 5.60 Å². The lowest BCUT2D eigenvalue weighted by atomic mass is 9.50. The summed E-state index contributed by atoms with van der Waals surface area (Å²) in [6, 6.07) is 0. The van der Waals surface area contributed by atoms with E-state index in [1.165, 1.54) is 0 Å². The fourth-order valence-corrected chi connectivity index (χ4v) is 7.95. The summed E-state index contributed by atoms with van der Waals surface area (Å²) in [5, 5.41) is 0. The van der Waals surface area contributed by atoms with E-state index in [0.29, 0.717) is 11.5 Å². The molecular formula is C28H44O6. The third-order valence-electron chi connectivity index (χ3n) is 9.14. The monoisotopic (exact) mass is 476 g/mol. The highest BCUT2D eigenvalue weighted by molar-refractivity contribution is 5.87. The Hall–Kier alpha value is -0.950. The summed E-state index contributed by atoms with van der Waals surface area (Å²) < 4.78 is 31.3. The molecule has 2 heterocycles. The summed E-state index contributed by atoms with van der Waals surface area (Å²) in [7, 11) is 0. The molecule has 2 aliphatic heterocycles. The van der Waals surface area contributed by atoms with Crippen molar-refractivity contribution in [3.8, 4) is 0 Å². The summed E-state index contributed by atoms with van der Waals surface area (Å²) in [4.78, 5) is 12.7. The first-order valence-electron chi connectivity index (χ1n) is 13.5. The molecule has 4 aliphatic carbocycles. The van der Waals surface area contributed by atoms with Gasteiger partial charge in [-0.15, -0.1) is 0 Å². The molecule has 6 rings (SSSR count). The van der Waals surface area contributed by atoms with Crippen LogP contribution in [0.2, 0.25) is 0 Å². The zero-order valence-electron chi connectivity index (χ0n) is 21.5. The molecule has 192 valence electrons. The van der Waals surface area contributed by atoms with Crippen LogP contribution < -0.4 is 0 Å². The van der Waals surface area contributed by atoms with Gasteiger partial charge >= 0.3 is 5.97 Å². The number of ether oxygens (including phenoxy) is 5. The number of carbonyl (C=O) groups excluding carboxylic acids is 1. The van der Waals surface area contributed by atoms with Crippen molar-refractivity contribution in [2.45, 2.75) is 102 Å². The minimum absolute atomic E-state index is 0.141. The van der Waals surface area contributed by atoms with Gasteiger partial charge in [-0.2, -0.15) is 0 Å². The van der Waals surface area contributed by atoms with Gasteiger partial charge in [-0.3, -0.25) is 0 Å². The van der Waals surface area contributed by atoms with E-state index in [9.17, 15) is 4.79 Å². The molecule has 34 heavy (non-hydrogen) atoms. The van der Waals surface area contributed by atoms with Gasteiger partial charge in [0.2, 0.25) is 0 Å². The predicted octanol–water partition coefficient (Wildman–Crippen LogP) is 4.99. The first-order valence-corrected chi connectivity index (χ1v) is 13.5. The largest absolute Gasteiger partial charge is 0.455 e. The first kappa shape index (κ1) is 24.7. The highest BCUT2D eigenvalue weighted by Gasteiger charge is 2.67. The van der Waals surface area contributed by atoms with Crippen LogP contribution in [0.25, 0.3) is 0 Å². The molecule has 0 radical (unpaired) electrons. The Morgan fingerprint density at radius 1 is 0.824 bits per heavy atom. The SMILES string of the molecule is C=C(C)C(=O)OC12CC3CC(OCC4(CCC)COC4)(CC(OCC4(CCC)COC4)(C3)C1)C2. The zero-order chi connectivity index (χ0) is 24.1. The molecule has 0 aromatic rings. The highest BCUT2D eigenvalue weighted by Crippen LogP contribution is 2.63. The normalized spacial score (nSPS) is 38.7. The predicted molar refractivity (Wildman–Crippen MR) is 129 cm³/mol. The fourth-order valence-electron chi connectivity index (χ4n) is 7.95. The summed E-state index contributed by atoms with van der Waals surface area (Å²) in [5.74, 6) is 0.172. The maximum Gasteiger partial charge on any atom is 0.333 e. The van der Waals surface area contributed by atoms with Crippen LogP contribution in [-0.2, 0) is 28.5 Å². The number of esters is 1. The molecule has 0 spiro atoms. The lowest BCUT2D eigenvalue weighted by Gasteiger charge is -2.65. The Kier molecular flexibility index (Phi) is 6.45. The van der Waals surface area contributed by atoms with Gasteiger partial charge in [0.05, 0.1) is 50.8 Å². The van der Waals surface area contributed by atoms with Crippen molar-refractivity contribution < 1.29 is 28.5 Å². The number of carbonyl (C=O) groups is 1. The smallest absolute Gasteiger partial charge is 0.333 e. The molecular weight excluding hydrogens is 432 g/mol. The summed E-state index contributed by atoms with van der Waals surface area (Å²) in [5.41, 5.74) is -0.359. The number of rotatable bonds is 12. The van der Waals surface area contributed by atoms with Gasteiger partial charge in [0.1, 0.15) is 5.60 Å². The molecule has 0 aromatic heterocycles. The van der Waals surface area contributed by atoms with Gasteiger partial charge in [-0.1, -0.05) is 33.3 Å². The van der Waals surface area contributed by atoms with Gasteiger partial charge < -0.3 is 23.7 Å². The van der Waals surface area contributed by atoms with E-state index in [2.05, 4.69) is 20.4 Å². The van der Waals surface area contributed by atoms with Crippen LogP contribution in [0.1, 0.15) is 85.0 Å². The molecule has 2 saturated heterocycles. The lowest BCUT2D eigenvalue weighted by Crippen LogP contribution is -2.69. The Bertz CT molecular complexity index is 753. The van der Waals surface area contributed by atoms with Gasteiger partial charge in [0.15, 0.2) is 0 Å². The van der Waals surface area contributed by atoms with Gasteiger partial charge in [-0.05, 0) is 44.9 Å². The summed E-state index contributed by atoms with van der Waals surface area (Å²) in [6.45, 7) is 14.6. The Balaban J connectivity index is 1.37. The van der Waals surface area contributed by atoms with Gasteiger partial charge in [0.25, 0.3) is 0 Å². The maximum atomic E-state index is 12.7. The standard InChI is InChI=1S/C28H44O6/c1-5-7-24(15-30-16-24)19-32-26-9-22-10-27(12-26,33-20-25(8-6-2)17-31-18-25)14-28(11-22,13-26)34-23(29)21(3)4/h22H,3,5-20H2,1-2,4H3. The van der Waals surface area contributed by atoms with Crippen molar-refractivity contribution in [3.05, 3.63) is 12.2 Å². The minimum atomic E-state index is -0.516. The van der Waals surface area contributed by atoms with Crippen LogP contribution in [0.5, 0.6) is 0 Å². The van der Waals surface area contributed by atoms with Crippen LogP contribution in [0.4, 0.5) is 0 Å². The van der Waals surface area contributed by atoms with Crippen LogP contribution in [0.15, 0.2) is 12.2 Å². The van der Waals surface area contributed by atoms with E-state index in [4.69, 9.17) is 23.7 Å². The summed E-state index contributed by atoms with van der Waals surface area (Å²) >= 11 is 0. The second kappa shape index (κ2) is 8.86. The van der Waals surface area contributed by atoms with Crippen molar-refractivity contribution in [3.63, 3.8) is 0 Å². The van der Waals surface area contributed by atoms with E-state index in [1.807, 2.05) is 0 Å². The third kappa shape index (κ3) is 4.49. The number of hydrogen-bond acceptors (Lipinski definition) is 6. The van der Waals surface area contributed by atoms with E-state index in [-0.39, 0.29) is 28.0 Å². The fraction of sp³-hybridized carbons (Fsp3) is 0.893. The molecule has 6 heteroatoms. The third-order valence-corrected chi connectivity index (χ3v) is 9.14. The first-order chi connectivity index (χ1) is 16.2. The zero-order valence-corrected chi connectivity index (χ0v) is 21.5. The topological polar surface area (TPSA) is 63.2 Å². The van der Waals surface area contributed by atoms with Crippen molar-refractivity contribution in [1.29, 1.82) is 0 Å². The van der Waals surface area contributed by atoms with Crippen LogP contribution in [-0.4, -0.2) is 62.4 Å². The quantitative estimate of drug-likeness (QED) is 0.292. The molecule has 6 aliphatic rings.